The van der Waals surface area contributed by atoms with Crippen molar-refractivity contribution in [2.45, 2.75) is 6.43 Å². The Bertz CT molecular complexity index is 389. The smallest absolute Gasteiger partial charge is 0.278 e. The summed E-state index contributed by atoms with van der Waals surface area (Å²) in [5.74, 6) is 0. The maximum Gasteiger partial charge on any atom is 0.278 e. The summed E-state index contributed by atoms with van der Waals surface area (Å²) in [5.41, 5.74) is -1.75. The van der Waals surface area contributed by atoms with Crippen molar-refractivity contribution in [1.29, 1.82) is 0 Å². The van der Waals surface area contributed by atoms with Gasteiger partial charge in [0.2, 0.25) is 0 Å². The standard InChI is InChI=1S/C7H4ClF2NO2/c8-6-3(2-12)5(13)1-4(11-6)7(9)10/h1-2,7H,(H,11,13). The van der Waals surface area contributed by atoms with Crippen LogP contribution in [-0.4, -0.2) is 11.3 Å². The Morgan fingerprint density at radius 1 is 1.54 bits per heavy atom. The Hall–Kier alpha value is -1.23. The molecule has 0 unspecified atom stereocenters. The van der Waals surface area contributed by atoms with Crippen molar-refractivity contribution in [3.63, 3.8) is 0 Å². The van der Waals surface area contributed by atoms with Gasteiger partial charge in [-0.3, -0.25) is 9.59 Å². The first-order valence-corrected chi connectivity index (χ1v) is 3.60. The second kappa shape index (κ2) is 3.66. The molecule has 0 saturated heterocycles. The molecule has 3 nitrogen and oxygen atoms in total. The molecule has 0 aliphatic carbocycles. The zero-order valence-corrected chi connectivity index (χ0v) is 6.94. The van der Waals surface area contributed by atoms with Gasteiger partial charge in [-0.15, -0.1) is 0 Å². The number of nitrogens with one attached hydrogen (secondary N) is 1. The van der Waals surface area contributed by atoms with Gasteiger partial charge in [0, 0.05) is 6.07 Å². The molecule has 0 bridgehead atoms. The highest BCUT2D eigenvalue weighted by molar-refractivity contribution is 6.31. The van der Waals surface area contributed by atoms with Crippen LogP contribution in [0, 0.1) is 0 Å². The normalized spacial score (nSPS) is 10.5. The molecule has 0 amide bonds. The van der Waals surface area contributed by atoms with Crippen molar-refractivity contribution in [2.24, 2.45) is 0 Å². The molecule has 0 atom stereocenters. The molecule has 1 rings (SSSR count). The lowest BCUT2D eigenvalue weighted by Crippen LogP contribution is -2.11. The van der Waals surface area contributed by atoms with E-state index in [-0.39, 0.29) is 17.0 Å². The minimum atomic E-state index is -2.81. The van der Waals surface area contributed by atoms with Gasteiger partial charge in [0.25, 0.3) is 6.43 Å². The molecule has 0 aromatic carbocycles. The highest BCUT2D eigenvalue weighted by Gasteiger charge is 2.12. The number of carbonyl (C=O) groups is 1. The molecular formula is C7H4ClF2NO2. The van der Waals surface area contributed by atoms with Gasteiger partial charge in [0.05, 0.1) is 11.3 Å². The zero-order chi connectivity index (χ0) is 10.0. The van der Waals surface area contributed by atoms with E-state index in [0.29, 0.717) is 6.07 Å². The molecule has 0 spiro atoms. The molecule has 1 aromatic rings. The van der Waals surface area contributed by atoms with Crippen molar-refractivity contribution >= 4 is 17.9 Å². The van der Waals surface area contributed by atoms with Crippen LogP contribution in [0.25, 0.3) is 0 Å². The molecule has 0 aliphatic rings. The molecule has 0 aliphatic heterocycles. The Kier molecular flexibility index (Phi) is 2.77. The third kappa shape index (κ3) is 1.92. The van der Waals surface area contributed by atoms with Crippen LogP contribution >= 0.6 is 11.6 Å². The first-order chi connectivity index (χ1) is 6.06. The summed E-state index contributed by atoms with van der Waals surface area (Å²) in [6.07, 6.45) is -2.60. The number of aromatic amines is 1. The second-order valence-corrected chi connectivity index (χ2v) is 2.61. The van der Waals surface area contributed by atoms with E-state index in [1.165, 1.54) is 0 Å². The highest BCUT2D eigenvalue weighted by Crippen LogP contribution is 2.17. The van der Waals surface area contributed by atoms with E-state index in [0.717, 1.165) is 0 Å². The third-order valence-corrected chi connectivity index (χ3v) is 1.69. The van der Waals surface area contributed by atoms with Crippen molar-refractivity contribution in [3.8, 4) is 0 Å². The Morgan fingerprint density at radius 3 is 2.54 bits per heavy atom. The highest BCUT2D eigenvalue weighted by atomic mass is 35.5. The minimum Gasteiger partial charge on any atom is -0.344 e. The van der Waals surface area contributed by atoms with Crippen LogP contribution in [0.5, 0.6) is 0 Å². The first kappa shape index (κ1) is 9.85. The van der Waals surface area contributed by atoms with Crippen LogP contribution in [0.3, 0.4) is 0 Å². The third-order valence-electron chi connectivity index (χ3n) is 1.40. The van der Waals surface area contributed by atoms with E-state index >= 15 is 0 Å². The SMILES string of the molecule is O=Cc1c(Cl)[nH]c(C(F)F)cc1=O. The summed E-state index contributed by atoms with van der Waals surface area (Å²) in [4.78, 5) is 23.2. The van der Waals surface area contributed by atoms with Gasteiger partial charge in [0.15, 0.2) is 11.7 Å². The van der Waals surface area contributed by atoms with Crippen molar-refractivity contribution in [2.75, 3.05) is 0 Å². The molecule has 1 N–H and O–H groups in total. The topological polar surface area (TPSA) is 49.9 Å². The summed E-state index contributed by atoms with van der Waals surface area (Å²) >= 11 is 5.36. The fraction of sp³-hybridized carbons (Fsp3) is 0.143. The maximum absolute atomic E-state index is 12.0. The maximum atomic E-state index is 12.0. The van der Waals surface area contributed by atoms with E-state index in [1.54, 1.807) is 0 Å². The predicted molar refractivity (Wildman–Crippen MR) is 42.4 cm³/mol. The Morgan fingerprint density at radius 2 is 2.15 bits per heavy atom. The number of H-pyrrole nitrogens is 1. The predicted octanol–water partition coefficient (Wildman–Crippen LogP) is 1.78. The van der Waals surface area contributed by atoms with E-state index in [4.69, 9.17) is 11.6 Å². The molecule has 13 heavy (non-hydrogen) atoms. The molecule has 1 aromatic heterocycles. The largest absolute Gasteiger partial charge is 0.344 e. The fourth-order valence-electron chi connectivity index (χ4n) is 0.785. The van der Waals surface area contributed by atoms with Crippen LogP contribution in [0.1, 0.15) is 22.5 Å². The zero-order valence-electron chi connectivity index (χ0n) is 6.18. The van der Waals surface area contributed by atoms with E-state index in [2.05, 4.69) is 4.98 Å². The van der Waals surface area contributed by atoms with Crippen molar-refractivity contribution in [1.82, 2.24) is 4.98 Å². The van der Waals surface area contributed by atoms with E-state index in [1.807, 2.05) is 0 Å². The van der Waals surface area contributed by atoms with Crippen LogP contribution in [-0.2, 0) is 0 Å². The van der Waals surface area contributed by atoms with Crippen LogP contribution in [0.15, 0.2) is 10.9 Å². The number of aldehydes is 1. The summed E-state index contributed by atoms with van der Waals surface area (Å²) in [6.45, 7) is 0. The Balaban J connectivity index is 3.37. The quantitative estimate of drug-likeness (QED) is 0.594. The Labute approximate surface area is 76.3 Å². The van der Waals surface area contributed by atoms with Gasteiger partial charge in [-0.05, 0) is 0 Å². The van der Waals surface area contributed by atoms with Crippen LogP contribution in [0.4, 0.5) is 8.78 Å². The van der Waals surface area contributed by atoms with Gasteiger partial charge in [-0.2, -0.15) is 0 Å². The number of halogens is 3. The number of hydrogen-bond donors (Lipinski definition) is 1. The molecule has 0 radical (unpaired) electrons. The number of carbonyl (C=O) groups excluding carboxylic acids is 1. The lowest BCUT2D eigenvalue weighted by Gasteiger charge is -2.01. The first-order valence-electron chi connectivity index (χ1n) is 3.22. The molecule has 6 heteroatoms. The van der Waals surface area contributed by atoms with Gasteiger partial charge in [0.1, 0.15) is 5.15 Å². The van der Waals surface area contributed by atoms with Crippen molar-refractivity contribution < 1.29 is 13.6 Å². The van der Waals surface area contributed by atoms with E-state index < -0.39 is 17.5 Å². The molecule has 70 valence electrons. The van der Waals surface area contributed by atoms with Gasteiger partial charge >= 0.3 is 0 Å². The number of hydrogen-bond acceptors (Lipinski definition) is 2. The lowest BCUT2D eigenvalue weighted by molar-refractivity contribution is 0.112. The van der Waals surface area contributed by atoms with Crippen LogP contribution in [0.2, 0.25) is 5.15 Å². The number of rotatable bonds is 2. The number of alkyl halides is 2. The van der Waals surface area contributed by atoms with Crippen LogP contribution < -0.4 is 5.43 Å². The van der Waals surface area contributed by atoms with Crippen molar-refractivity contribution in [3.05, 3.63) is 32.7 Å². The molecule has 1 heterocycles. The lowest BCUT2D eigenvalue weighted by atomic mass is 10.2. The van der Waals surface area contributed by atoms with Gasteiger partial charge < -0.3 is 4.98 Å². The molecule has 0 saturated carbocycles. The molecule has 0 fully saturated rings. The minimum absolute atomic E-state index is 0.219. The van der Waals surface area contributed by atoms with Gasteiger partial charge in [-0.25, -0.2) is 8.78 Å². The van der Waals surface area contributed by atoms with E-state index in [9.17, 15) is 18.4 Å². The molecular weight excluding hydrogens is 204 g/mol. The average Bonchev–Trinajstić information content (AvgIpc) is 2.03. The van der Waals surface area contributed by atoms with Gasteiger partial charge in [-0.1, -0.05) is 11.6 Å². The fourth-order valence-corrected chi connectivity index (χ4v) is 1.03. The summed E-state index contributed by atoms with van der Waals surface area (Å²) in [5, 5.41) is -0.363. The second-order valence-electron chi connectivity index (χ2n) is 2.24. The average molecular weight is 208 g/mol. The number of aromatic nitrogens is 1. The summed E-state index contributed by atoms with van der Waals surface area (Å²) in [7, 11) is 0. The summed E-state index contributed by atoms with van der Waals surface area (Å²) < 4.78 is 24.1. The number of pyridine rings is 1. The monoisotopic (exact) mass is 207 g/mol. The summed E-state index contributed by atoms with van der Waals surface area (Å²) in [6, 6.07) is 0.653.